The van der Waals surface area contributed by atoms with Crippen molar-refractivity contribution in [3.63, 3.8) is 0 Å². The van der Waals surface area contributed by atoms with Crippen molar-refractivity contribution in [2.24, 2.45) is 0 Å². The molecule has 2 amide bonds. The number of hydrogen-bond donors (Lipinski definition) is 2. The Balaban J connectivity index is 1.96. The number of halogens is 2. The fourth-order valence-electron chi connectivity index (χ4n) is 2.18. The van der Waals surface area contributed by atoms with Gasteiger partial charge in [0.15, 0.2) is 29.7 Å². The lowest BCUT2D eigenvalue weighted by atomic mass is 10.1. The Bertz CT molecular complexity index is 850. The van der Waals surface area contributed by atoms with Crippen LogP contribution in [0.1, 0.15) is 10.4 Å². The van der Waals surface area contributed by atoms with E-state index >= 15 is 0 Å². The highest BCUT2D eigenvalue weighted by molar-refractivity contribution is 5.96. The first-order chi connectivity index (χ1) is 13.4. The van der Waals surface area contributed by atoms with Crippen molar-refractivity contribution in [2.45, 2.75) is 0 Å². The number of carbonyl (C=O) groups is 2. The van der Waals surface area contributed by atoms with E-state index in [-0.39, 0.29) is 22.8 Å². The van der Waals surface area contributed by atoms with Crippen molar-refractivity contribution in [1.82, 2.24) is 10.9 Å². The lowest BCUT2D eigenvalue weighted by molar-refractivity contribution is -0.123. The molecule has 2 rings (SSSR count). The van der Waals surface area contributed by atoms with E-state index in [1.165, 1.54) is 33.5 Å². The van der Waals surface area contributed by atoms with Crippen LogP contribution in [-0.4, -0.2) is 39.8 Å². The lowest BCUT2D eigenvalue weighted by Crippen LogP contribution is -2.43. The predicted octanol–water partition coefficient (Wildman–Crippen LogP) is 1.83. The van der Waals surface area contributed by atoms with Gasteiger partial charge in [0.05, 0.1) is 21.3 Å². The van der Waals surface area contributed by atoms with Crippen molar-refractivity contribution in [3.05, 3.63) is 47.5 Å². The van der Waals surface area contributed by atoms with Crippen LogP contribution in [0.25, 0.3) is 0 Å². The summed E-state index contributed by atoms with van der Waals surface area (Å²) in [5.74, 6) is -2.62. The Labute approximate surface area is 159 Å². The van der Waals surface area contributed by atoms with E-state index in [1.807, 2.05) is 0 Å². The number of carbonyl (C=O) groups excluding carboxylic acids is 2. The van der Waals surface area contributed by atoms with Crippen LogP contribution in [0.2, 0.25) is 0 Å². The molecule has 10 heteroatoms. The third kappa shape index (κ3) is 5.00. The van der Waals surface area contributed by atoms with Crippen LogP contribution in [0.3, 0.4) is 0 Å². The molecule has 2 N–H and O–H groups in total. The SMILES string of the molecule is COc1cc(C(=O)NNC(=O)COc2ccc(F)cc2F)cc(OC)c1OC. The van der Waals surface area contributed by atoms with Gasteiger partial charge in [0.2, 0.25) is 5.75 Å². The molecule has 8 nitrogen and oxygen atoms in total. The van der Waals surface area contributed by atoms with Gasteiger partial charge in [-0.25, -0.2) is 8.78 Å². The Morgan fingerprint density at radius 2 is 1.54 bits per heavy atom. The van der Waals surface area contributed by atoms with Crippen molar-refractivity contribution < 1.29 is 37.3 Å². The van der Waals surface area contributed by atoms with Crippen molar-refractivity contribution in [1.29, 1.82) is 0 Å². The molecular formula is C18H18F2N2O6. The molecule has 0 unspecified atom stereocenters. The van der Waals surface area contributed by atoms with Gasteiger partial charge in [-0.05, 0) is 24.3 Å². The van der Waals surface area contributed by atoms with Gasteiger partial charge in [0.1, 0.15) is 5.82 Å². The minimum atomic E-state index is -0.950. The molecule has 28 heavy (non-hydrogen) atoms. The van der Waals surface area contributed by atoms with E-state index < -0.39 is 30.1 Å². The minimum Gasteiger partial charge on any atom is -0.493 e. The zero-order valence-corrected chi connectivity index (χ0v) is 15.3. The molecule has 0 aliphatic heterocycles. The second-order valence-corrected chi connectivity index (χ2v) is 5.28. The minimum absolute atomic E-state index is 0.125. The van der Waals surface area contributed by atoms with E-state index in [0.717, 1.165) is 12.1 Å². The Kier molecular flexibility index (Phi) is 6.96. The second kappa shape index (κ2) is 9.40. The monoisotopic (exact) mass is 396 g/mol. The van der Waals surface area contributed by atoms with Gasteiger partial charge in [0, 0.05) is 11.6 Å². The number of ether oxygens (including phenoxy) is 4. The summed E-state index contributed by atoms with van der Waals surface area (Å²) in [6.45, 7) is -0.599. The molecule has 0 heterocycles. The van der Waals surface area contributed by atoms with Gasteiger partial charge < -0.3 is 18.9 Å². The number of hydrazine groups is 1. The van der Waals surface area contributed by atoms with Crippen LogP contribution in [0.15, 0.2) is 30.3 Å². The van der Waals surface area contributed by atoms with E-state index in [1.54, 1.807) is 0 Å². The van der Waals surface area contributed by atoms with Crippen molar-refractivity contribution in [2.75, 3.05) is 27.9 Å². The van der Waals surface area contributed by atoms with Gasteiger partial charge in [0.25, 0.3) is 11.8 Å². The summed E-state index contributed by atoms with van der Waals surface area (Å²) in [4.78, 5) is 24.0. The first kappa shape index (κ1) is 20.7. The molecule has 150 valence electrons. The summed E-state index contributed by atoms with van der Waals surface area (Å²) < 4.78 is 46.7. The molecule has 0 atom stereocenters. The molecule has 0 aliphatic carbocycles. The number of nitrogens with one attached hydrogen (secondary N) is 2. The molecule has 0 saturated carbocycles. The summed E-state index contributed by atoms with van der Waals surface area (Å²) in [6.07, 6.45) is 0. The zero-order valence-electron chi connectivity index (χ0n) is 15.3. The third-order valence-electron chi connectivity index (χ3n) is 3.50. The Morgan fingerprint density at radius 1 is 0.893 bits per heavy atom. The molecule has 0 spiro atoms. The fraction of sp³-hybridized carbons (Fsp3) is 0.222. The third-order valence-corrected chi connectivity index (χ3v) is 3.50. The molecule has 0 aromatic heterocycles. The van der Waals surface area contributed by atoms with Crippen LogP contribution >= 0.6 is 0 Å². The van der Waals surface area contributed by atoms with Gasteiger partial charge >= 0.3 is 0 Å². The summed E-state index contributed by atoms with van der Waals surface area (Å²) in [5, 5.41) is 0. The number of methoxy groups -OCH3 is 3. The molecule has 0 aliphatic rings. The van der Waals surface area contributed by atoms with Crippen LogP contribution in [-0.2, 0) is 4.79 Å². The van der Waals surface area contributed by atoms with Crippen molar-refractivity contribution >= 4 is 11.8 Å². The maximum absolute atomic E-state index is 13.4. The molecule has 0 saturated heterocycles. The Morgan fingerprint density at radius 3 is 2.07 bits per heavy atom. The quantitative estimate of drug-likeness (QED) is 0.694. The molecule has 0 radical (unpaired) electrons. The number of rotatable bonds is 7. The number of amides is 2. The molecule has 2 aromatic carbocycles. The van der Waals surface area contributed by atoms with Crippen LogP contribution in [0.4, 0.5) is 8.78 Å². The standard InChI is InChI=1S/C18H18F2N2O6/c1-25-14-6-10(7-15(26-2)17(14)27-3)18(24)22-21-16(23)9-28-13-5-4-11(19)8-12(13)20/h4-8H,9H2,1-3H3,(H,21,23)(H,22,24). The second-order valence-electron chi connectivity index (χ2n) is 5.28. The fourth-order valence-corrected chi connectivity index (χ4v) is 2.18. The molecular weight excluding hydrogens is 378 g/mol. The van der Waals surface area contributed by atoms with Crippen LogP contribution in [0.5, 0.6) is 23.0 Å². The average molecular weight is 396 g/mol. The highest BCUT2D eigenvalue weighted by Crippen LogP contribution is 2.38. The normalized spacial score (nSPS) is 10.0. The maximum atomic E-state index is 13.4. The van der Waals surface area contributed by atoms with Gasteiger partial charge in [-0.2, -0.15) is 0 Å². The van der Waals surface area contributed by atoms with E-state index in [4.69, 9.17) is 18.9 Å². The highest BCUT2D eigenvalue weighted by Gasteiger charge is 2.17. The Hall–Kier alpha value is -3.56. The topological polar surface area (TPSA) is 95.1 Å². The smallest absolute Gasteiger partial charge is 0.276 e. The summed E-state index contributed by atoms with van der Waals surface area (Å²) in [5.41, 5.74) is 4.41. The van der Waals surface area contributed by atoms with E-state index in [0.29, 0.717) is 11.8 Å². The van der Waals surface area contributed by atoms with Crippen molar-refractivity contribution in [3.8, 4) is 23.0 Å². The zero-order chi connectivity index (χ0) is 20.7. The van der Waals surface area contributed by atoms with Crippen LogP contribution < -0.4 is 29.8 Å². The summed E-state index contributed by atoms with van der Waals surface area (Å²) in [6, 6.07) is 5.45. The summed E-state index contributed by atoms with van der Waals surface area (Å²) >= 11 is 0. The number of benzene rings is 2. The first-order valence-electron chi connectivity index (χ1n) is 7.86. The summed E-state index contributed by atoms with van der Waals surface area (Å²) in [7, 11) is 4.21. The maximum Gasteiger partial charge on any atom is 0.276 e. The molecule has 0 bridgehead atoms. The van der Waals surface area contributed by atoms with E-state index in [9.17, 15) is 18.4 Å². The van der Waals surface area contributed by atoms with Gasteiger partial charge in [-0.15, -0.1) is 0 Å². The highest BCUT2D eigenvalue weighted by atomic mass is 19.1. The van der Waals surface area contributed by atoms with Gasteiger partial charge in [-0.1, -0.05) is 0 Å². The lowest BCUT2D eigenvalue weighted by Gasteiger charge is -2.14. The number of hydrogen-bond acceptors (Lipinski definition) is 6. The van der Waals surface area contributed by atoms with Crippen LogP contribution in [0, 0.1) is 11.6 Å². The van der Waals surface area contributed by atoms with Gasteiger partial charge in [-0.3, -0.25) is 20.4 Å². The predicted molar refractivity (Wildman–Crippen MR) is 93.6 cm³/mol. The molecule has 2 aromatic rings. The average Bonchev–Trinajstić information content (AvgIpc) is 2.69. The molecule has 0 fully saturated rings. The largest absolute Gasteiger partial charge is 0.493 e. The first-order valence-corrected chi connectivity index (χ1v) is 7.86. The van der Waals surface area contributed by atoms with E-state index in [2.05, 4.69) is 10.9 Å².